The number of para-hydroxylation sites is 1. The summed E-state index contributed by atoms with van der Waals surface area (Å²) >= 11 is 14.2. The highest BCUT2D eigenvalue weighted by molar-refractivity contribution is 7.10. The lowest BCUT2D eigenvalue weighted by Crippen LogP contribution is -2.16. The van der Waals surface area contributed by atoms with Crippen LogP contribution in [0.5, 0.6) is 0 Å². The number of fused-ring (bicyclic) bond motifs is 1. The predicted octanol–water partition coefficient (Wildman–Crippen LogP) is 5.42. The Balaban J connectivity index is 2.12. The van der Waals surface area contributed by atoms with Gasteiger partial charge in [-0.1, -0.05) is 35.3 Å². The maximum atomic E-state index is 6.36. The van der Waals surface area contributed by atoms with Gasteiger partial charge in [0.2, 0.25) is 0 Å². The molecule has 0 saturated heterocycles. The van der Waals surface area contributed by atoms with Crippen molar-refractivity contribution in [2.75, 3.05) is 7.05 Å². The van der Waals surface area contributed by atoms with Gasteiger partial charge < -0.3 is 9.73 Å². The molecular formula is C15H13Cl2NOS. The third-order valence-corrected chi connectivity index (χ3v) is 5.35. The highest BCUT2D eigenvalue weighted by Crippen LogP contribution is 2.38. The van der Waals surface area contributed by atoms with Crippen molar-refractivity contribution in [3.63, 3.8) is 0 Å². The third kappa shape index (κ3) is 2.25. The van der Waals surface area contributed by atoms with E-state index in [0.29, 0.717) is 10.6 Å². The van der Waals surface area contributed by atoms with Gasteiger partial charge in [0.1, 0.15) is 11.8 Å². The minimum atomic E-state index is -0.0651. The molecule has 1 N–H and O–H groups in total. The summed E-state index contributed by atoms with van der Waals surface area (Å²) in [4.78, 5) is 1.06. The fourth-order valence-corrected chi connectivity index (χ4v) is 3.88. The number of thiophene rings is 1. The van der Waals surface area contributed by atoms with Crippen LogP contribution >= 0.6 is 34.5 Å². The van der Waals surface area contributed by atoms with Crippen LogP contribution in [0.4, 0.5) is 0 Å². The molecule has 2 nitrogen and oxygen atoms in total. The number of benzene rings is 1. The Morgan fingerprint density at radius 3 is 2.70 bits per heavy atom. The lowest BCUT2D eigenvalue weighted by Gasteiger charge is -2.12. The minimum absolute atomic E-state index is 0.0651. The summed E-state index contributed by atoms with van der Waals surface area (Å²) in [5.74, 6) is 0.819. The van der Waals surface area contributed by atoms with Crippen LogP contribution in [0, 0.1) is 6.92 Å². The first-order chi connectivity index (χ1) is 9.61. The smallest absolute Gasteiger partial charge is 0.152 e. The van der Waals surface area contributed by atoms with Crippen LogP contribution in [0.15, 0.2) is 34.1 Å². The zero-order valence-corrected chi connectivity index (χ0v) is 13.4. The maximum Gasteiger partial charge on any atom is 0.152 e. The lowest BCUT2D eigenvalue weighted by atomic mass is 10.1. The van der Waals surface area contributed by atoms with Crippen molar-refractivity contribution in [1.82, 2.24) is 5.32 Å². The molecule has 0 aliphatic carbocycles. The SMILES string of the molecule is CNC(c1cc2cccc(Cl)c2o1)c1scc(C)c1Cl. The van der Waals surface area contributed by atoms with Crippen LogP contribution in [-0.2, 0) is 0 Å². The number of hydrogen-bond donors (Lipinski definition) is 1. The number of furan rings is 1. The zero-order chi connectivity index (χ0) is 14.3. The van der Waals surface area contributed by atoms with Gasteiger partial charge in [0, 0.05) is 10.3 Å². The number of aryl methyl sites for hydroxylation is 1. The normalized spacial score (nSPS) is 13.0. The van der Waals surface area contributed by atoms with Gasteiger partial charge in [-0.2, -0.15) is 0 Å². The molecule has 104 valence electrons. The summed E-state index contributed by atoms with van der Waals surface area (Å²) in [5.41, 5.74) is 1.80. The average Bonchev–Trinajstić information content (AvgIpc) is 2.99. The van der Waals surface area contributed by atoms with Crippen LogP contribution in [0.25, 0.3) is 11.0 Å². The van der Waals surface area contributed by atoms with Gasteiger partial charge in [0.05, 0.1) is 10.0 Å². The molecule has 2 aromatic heterocycles. The number of halogens is 2. The van der Waals surface area contributed by atoms with E-state index in [1.807, 2.05) is 38.2 Å². The lowest BCUT2D eigenvalue weighted by molar-refractivity contribution is 0.495. The topological polar surface area (TPSA) is 25.2 Å². The first-order valence-corrected chi connectivity index (χ1v) is 7.84. The molecule has 0 aliphatic rings. The Morgan fingerprint density at radius 2 is 2.10 bits per heavy atom. The molecule has 0 saturated carbocycles. The van der Waals surface area contributed by atoms with Gasteiger partial charge in [-0.25, -0.2) is 0 Å². The van der Waals surface area contributed by atoms with Gasteiger partial charge in [0.15, 0.2) is 5.58 Å². The Labute approximate surface area is 131 Å². The van der Waals surface area contributed by atoms with Crippen LogP contribution in [0.1, 0.15) is 22.2 Å². The third-order valence-electron chi connectivity index (χ3n) is 3.28. The van der Waals surface area contributed by atoms with Crippen molar-refractivity contribution in [2.45, 2.75) is 13.0 Å². The molecular weight excluding hydrogens is 313 g/mol. The van der Waals surface area contributed by atoms with Gasteiger partial charge in [-0.15, -0.1) is 11.3 Å². The van der Waals surface area contributed by atoms with Crippen molar-refractivity contribution < 1.29 is 4.42 Å². The summed E-state index contributed by atoms with van der Waals surface area (Å²) in [5, 5.41) is 7.72. The molecule has 1 atom stereocenters. The molecule has 0 fully saturated rings. The largest absolute Gasteiger partial charge is 0.457 e. The van der Waals surface area contributed by atoms with Crippen molar-refractivity contribution >= 4 is 45.5 Å². The molecule has 5 heteroatoms. The van der Waals surface area contributed by atoms with E-state index < -0.39 is 0 Å². The van der Waals surface area contributed by atoms with E-state index in [0.717, 1.165) is 26.6 Å². The zero-order valence-electron chi connectivity index (χ0n) is 11.0. The summed E-state index contributed by atoms with van der Waals surface area (Å²) in [7, 11) is 1.89. The number of rotatable bonds is 3. The Kier molecular flexibility index (Phi) is 3.78. The summed E-state index contributed by atoms with van der Waals surface area (Å²) < 4.78 is 5.92. The maximum absolute atomic E-state index is 6.36. The van der Waals surface area contributed by atoms with Crippen molar-refractivity contribution in [2.24, 2.45) is 0 Å². The van der Waals surface area contributed by atoms with E-state index in [1.165, 1.54) is 0 Å². The molecule has 20 heavy (non-hydrogen) atoms. The molecule has 3 aromatic rings. The second-order valence-corrected chi connectivity index (χ2v) is 6.32. The van der Waals surface area contributed by atoms with Gasteiger partial charge in [0.25, 0.3) is 0 Å². The molecule has 0 radical (unpaired) electrons. The first-order valence-electron chi connectivity index (χ1n) is 6.20. The predicted molar refractivity (Wildman–Crippen MR) is 86.2 cm³/mol. The van der Waals surface area contributed by atoms with Crippen molar-refractivity contribution in [1.29, 1.82) is 0 Å². The average molecular weight is 326 g/mol. The molecule has 0 aliphatic heterocycles. The van der Waals surface area contributed by atoms with Gasteiger partial charge in [-0.05, 0) is 37.0 Å². The van der Waals surface area contributed by atoms with Crippen molar-refractivity contribution in [3.8, 4) is 0 Å². The van der Waals surface area contributed by atoms with Crippen LogP contribution < -0.4 is 5.32 Å². The van der Waals surface area contributed by atoms with Crippen LogP contribution in [-0.4, -0.2) is 7.05 Å². The Morgan fingerprint density at radius 1 is 1.30 bits per heavy atom. The van der Waals surface area contributed by atoms with E-state index >= 15 is 0 Å². The molecule has 2 heterocycles. The summed E-state index contributed by atoms with van der Waals surface area (Å²) in [6.45, 7) is 2.00. The summed E-state index contributed by atoms with van der Waals surface area (Å²) in [6, 6.07) is 7.68. The van der Waals surface area contributed by atoms with E-state index in [1.54, 1.807) is 11.3 Å². The molecule has 1 aromatic carbocycles. The molecule has 1 unspecified atom stereocenters. The van der Waals surface area contributed by atoms with E-state index in [-0.39, 0.29) is 6.04 Å². The standard InChI is InChI=1S/C15H13Cl2NOS/c1-8-7-20-15(12(8)17)13(18-2)11-6-9-4-3-5-10(16)14(9)19-11/h3-7,13,18H,1-2H3. The fraction of sp³-hybridized carbons (Fsp3) is 0.200. The highest BCUT2D eigenvalue weighted by Gasteiger charge is 2.22. The van der Waals surface area contributed by atoms with Crippen LogP contribution in [0.3, 0.4) is 0 Å². The second kappa shape index (κ2) is 5.41. The van der Waals surface area contributed by atoms with Gasteiger partial charge in [-0.3, -0.25) is 0 Å². The highest BCUT2D eigenvalue weighted by atomic mass is 35.5. The van der Waals surface area contributed by atoms with E-state index in [2.05, 4.69) is 10.7 Å². The molecule has 0 bridgehead atoms. The summed E-state index contributed by atoms with van der Waals surface area (Å²) in [6.07, 6.45) is 0. The quantitative estimate of drug-likeness (QED) is 0.695. The fourth-order valence-electron chi connectivity index (χ4n) is 2.24. The Hall–Kier alpha value is -1.00. The molecule has 3 rings (SSSR count). The van der Waals surface area contributed by atoms with E-state index in [4.69, 9.17) is 27.6 Å². The van der Waals surface area contributed by atoms with Crippen molar-refractivity contribution in [3.05, 3.63) is 55.9 Å². The number of hydrogen-bond acceptors (Lipinski definition) is 3. The van der Waals surface area contributed by atoms with Crippen LogP contribution in [0.2, 0.25) is 10.0 Å². The molecule has 0 amide bonds. The first kappa shape index (κ1) is 14.0. The monoisotopic (exact) mass is 325 g/mol. The second-order valence-electron chi connectivity index (χ2n) is 4.63. The minimum Gasteiger partial charge on any atom is -0.457 e. The number of nitrogens with one attached hydrogen (secondary N) is 1. The molecule has 0 spiro atoms. The van der Waals surface area contributed by atoms with E-state index in [9.17, 15) is 0 Å². The Bertz CT molecular complexity index is 762. The van der Waals surface area contributed by atoms with Gasteiger partial charge >= 0.3 is 0 Å².